The van der Waals surface area contributed by atoms with Gasteiger partial charge in [-0.15, -0.1) is 0 Å². The van der Waals surface area contributed by atoms with Crippen molar-refractivity contribution in [2.24, 2.45) is 5.92 Å². The maximum Gasteiger partial charge on any atom is 0.0320 e. The van der Waals surface area contributed by atoms with E-state index in [2.05, 4.69) is 50.4 Å². The lowest BCUT2D eigenvalue weighted by Gasteiger charge is -2.33. The second kappa shape index (κ2) is 6.38. The molecule has 3 unspecified atom stereocenters. The van der Waals surface area contributed by atoms with E-state index in [9.17, 15) is 0 Å². The Morgan fingerprint density at radius 1 is 1.17 bits per heavy atom. The molecule has 0 heterocycles. The van der Waals surface area contributed by atoms with Gasteiger partial charge in [0.05, 0.1) is 0 Å². The molecular weight excluding hydrogens is 218 g/mol. The summed E-state index contributed by atoms with van der Waals surface area (Å²) in [4.78, 5) is 0. The minimum atomic E-state index is 0.524. The zero-order chi connectivity index (χ0) is 13.0. The van der Waals surface area contributed by atoms with Crippen LogP contribution in [0.25, 0.3) is 0 Å². The van der Waals surface area contributed by atoms with Crippen molar-refractivity contribution >= 4 is 0 Å². The molecule has 1 nitrogen and oxygen atoms in total. The highest BCUT2D eigenvalue weighted by molar-refractivity contribution is 5.24. The summed E-state index contributed by atoms with van der Waals surface area (Å²) in [6.45, 7) is 6.84. The molecule has 1 saturated carbocycles. The largest absolute Gasteiger partial charge is 0.307 e. The molecule has 1 fully saturated rings. The van der Waals surface area contributed by atoms with Gasteiger partial charge in [0.25, 0.3) is 0 Å². The molecule has 1 aliphatic rings. The molecule has 2 rings (SSSR count). The number of benzene rings is 1. The van der Waals surface area contributed by atoms with Crippen molar-refractivity contribution in [1.29, 1.82) is 0 Å². The van der Waals surface area contributed by atoms with Crippen molar-refractivity contribution in [2.75, 3.05) is 0 Å². The smallest absolute Gasteiger partial charge is 0.0320 e. The fourth-order valence-electron chi connectivity index (χ4n) is 3.07. The lowest BCUT2D eigenvalue weighted by Crippen LogP contribution is -2.39. The van der Waals surface area contributed by atoms with Gasteiger partial charge in [0.15, 0.2) is 0 Å². The molecular formula is C17H27N. The Morgan fingerprint density at radius 3 is 2.44 bits per heavy atom. The number of rotatable bonds is 4. The van der Waals surface area contributed by atoms with Crippen LogP contribution in [-0.4, -0.2) is 6.04 Å². The van der Waals surface area contributed by atoms with E-state index in [1.807, 2.05) is 0 Å². The fourth-order valence-corrected chi connectivity index (χ4v) is 3.07. The van der Waals surface area contributed by atoms with Crippen LogP contribution in [0.1, 0.15) is 63.1 Å². The van der Waals surface area contributed by atoms with E-state index in [0.717, 1.165) is 5.92 Å². The predicted octanol–water partition coefficient (Wildman–Crippen LogP) is 4.61. The Bertz CT molecular complexity index is 354. The van der Waals surface area contributed by atoms with Crippen molar-refractivity contribution in [2.45, 2.75) is 65.0 Å². The Hall–Kier alpha value is -0.820. The van der Waals surface area contributed by atoms with Crippen LogP contribution in [0.4, 0.5) is 0 Å². The summed E-state index contributed by atoms with van der Waals surface area (Å²) < 4.78 is 0. The molecule has 3 atom stereocenters. The second-order valence-electron chi connectivity index (χ2n) is 5.91. The molecule has 18 heavy (non-hydrogen) atoms. The first-order valence-electron chi connectivity index (χ1n) is 7.53. The number of nitrogens with one attached hydrogen (secondary N) is 1. The zero-order valence-electron chi connectivity index (χ0n) is 12.1. The Labute approximate surface area is 112 Å². The molecule has 0 aliphatic heterocycles. The average Bonchev–Trinajstić information content (AvgIpc) is 2.39. The summed E-state index contributed by atoms with van der Waals surface area (Å²) >= 11 is 0. The van der Waals surface area contributed by atoms with Crippen LogP contribution >= 0.6 is 0 Å². The van der Waals surface area contributed by atoms with Gasteiger partial charge in [0.1, 0.15) is 0 Å². The third-order valence-corrected chi connectivity index (χ3v) is 4.41. The van der Waals surface area contributed by atoms with E-state index in [1.54, 1.807) is 0 Å². The molecule has 1 aliphatic carbocycles. The molecule has 0 saturated heterocycles. The first-order chi connectivity index (χ1) is 8.70. The van der Waals surface area contributed by atoms with E-state index in [1.165, 1.54) is 43.2 Å². The van der Waals surface area contributed by atoms with Crippen molar-refractivity contribution in [1.82, 2.24) is 5.32 Å². The summed E-state index contributed by atoms with van der Waals surface area (Å²) in [6, 6.07) is 10.3. The van der Waals surface area contributed by atoms with E-state index in [-0.39, 0.29) is 0 Å². The Balaban J connectivity index is 2.02. The van der Waals surface area contributed by atoms with Crippen LogP contribution in [0.3, 0.4) is 0 Å². The molecule has 1 heteroatoms. The topological polar surface area (TPSA) is 12.0 Å². The van der Waals surface area contributed by atoms with Gasteiger partial charge in [-0.05, 0) is 37.7 Å². The quantitative estimate of drug-likeness (QED) is 0.816. The molecule has 1 N–H and O–H groups in total. The van der Waals surface area contributed by atoms with Gasteiger partial charge in [-0.2, -0.15) is 0 Å². The number of hydrogen-bond donors (Lipinski definition) is 1. The summed E-state index contributed by atoms with van der Waals surface area (Å²) in [5.74, 6) is 0.832. The van der Waals surface area contributed by atoms with Crippen LogP contribution in [0.2, 0.25) is 0 Å². The van der Waals surface area contributed by atoms with Crippen LogP contribution in [0, 0.1) is 12.8 Å². The van der Waals surface area contributed by atoms with Crippen LogP contribution in [-0.2, 0) is 0 Å². The lowest BCUT2D eigenvalue weighted by molar-refractivity contribution is 0.256. The summed E-state index contributed by atoms with van der Waals surface area (Å²) in [5, 5.41) is 3.89. The molecule has 0 aromatic heterocycles. The number of aryl methyl sites for hydroxylation is 1. The SMILES string of the molecule is CCC(NC1CCCCC1C)c1ccc(C)cc1. The molecule has 1 aromatic rings. The van der Waals surface area contributed by atoms with Gasteiger partial charge in [-0.3, -0.25) is 0 Å². The van der Waals surface area contributed by atoms with E-state index >= 15 is 0 Å². The molecule has 0 radical (unpaired) electrons. The third-order valence-electron chi connectivity index (χ3n) is 4.41. The molecule has 0 bridgehead atoms. The molecule has 0 spiro atoms. The van der Waals surface area contributed by atoms with Crippen molar-refractivity contribution in [3.05, 3.63) is 35.4 Å². The maximum absolute atomic E-state index is 3.89. The monoisotopic (exact) mass is 245 g/mol. The summed E-state index contributed by atoms with van der Waals surface area (Å²) in [6.07, 6.45) is 6.73. The molecule has 1 aromatic carbocycles. The predicted molar refractivity (Wildman–Crippen MR) is 78.8 cm³/mol. The average molecular weight is 245 g/mol. The Kier molecular flexibility index (Phi) is 4.82. The first kappa shape index (κ1) is 13.6. The van der Waals surface area contributed by atoms with Crippen molar-refractivity contribution < 1.29 is 0 Å². The van der Waals surface area contributed by atoms with Gasteiger partial charge in [0, 0.05) is 12.1 Å². The van der Waals surface area contributed by atoms with E-state index in [4.69, 9.17) is 0 Å². The van der Waals surface area contributed by atoms with Gasteiger partial charge in [0.2, 0.25) is 0 Å². The normalized spacial score (nSPS) is 25.9. The lowest BCUT2D eigenvalue weighted by atomic mass is 9.85. The summed E-state index contributed by atoms with van der Waals surface area (Å²) in [5.41, 5.74) is 2.79. The highest BCUT2D eigenvalue weighted by Gasteiger charge is 2.23. The summed E-state index contributed by atoms with van der Waals surface area (Å²) in [7, 11) is 0. The minimum Gasteiger partial charge on any atom is -0.307 e. The highest BCUT2D eigenvalue weighted by Crippen LogP contribution is 2.27. The second-order valence-corrected chi connectivity index (χ2v) is 5.91. The van der Waals surface area contributed by atoms with E-state index < -0.39 is 0 Å². The third kappa shape index (κ3) is 3.35. The fraction of sp³-hybridized carbons (Fsp3) is 0.647. The van der Waals surface area contributed by atoms with Gasteiger partial charge >= 0.3 is 0 Å². The molecule has 0 amide bonds. The molecule has 100 valence electrons. The highest BCUT2D eigenvalue weighted by atomic mass is 15.0. The standard InChI is InChI=1S/C17H27N/c1-4-16(15-11-9-13(2)10-12-15)18-17-8-6-5-7-14(17)3/h9-12,14,16-18H,4-8H2,1-3H3. The van der Waals surface area contributed by atoms with Crippen LogP contribution in [0.5, 0.6) is 0 Å². The van der Waals surface area contributed by atoms with Gasteiger partial charge < -0.3 is 5.32 Å². The van der Waals surface area contributed by atoms with E-state index in [0.29, 0.717) is 12.1 Å². The van der Waals surface area contributed by atoms with Gasteiger partial charge in [-0.1, -0.05) is 56.5 Å². The van der Waals surface area contributed by atoms with Crippen molar-refractivity contribution in [3.63, 3.8) is 0 Å². The maximum atomic E-state index is 3.89. The minimum absolute atomic E-state index is 0.524. The Morgan fingerprint density at radius 2 is 1.83 bits per heavy atom. The first-order valence-corrected chi connectivity index (χ1v) is 7.53. The number of hydrogen-bond acceptors (Lipinski definition) is 1. The van der Waals surface area contributed by atoms with Crippen molar-refractivity contribution in [3.8, 4) is 0 Å². The van der Waals surface area contributed by atoms with Crippen LogP contribution < -0.4 is 5.32 Å². The zero-order valence-corrected chi connectivity index (χ0v) is 12.1. The van der Waals surface area contributed by atoms with Gasteiger partial charge in [-0.25, -0.2) is 0 Å². The van der Waals surface area contributed by atoms with Crippen LogP contribution in [0.15, 0.2) is 24.3 Å².